The van der Waals surface area contributed by atoms with Crippen LogP contribution in [0.1, 0.15) is 11.7 Å². The Labute approximate surface area is 94.0 Å². The fraction of sp³-hybridized carbons (Fsp3) is 0.154. The van der Waals surface area contributed by atoms with Gasteiger partial charge in [0.25, 0.3) is 0 Å². The first-order chi connectivity index (χ1) is 7.81. The van der Waals surface area contributed by atoms with Crippen LogP contribution in [-0.2, 0) is 0 Å². The average molecular weight is 215 g/mol. The Morgan fingerprint density at radius 2 is 1.88 bits per heavy atom. The highest BCUT2D eigenvalue weighted by Gasteiger charge is 2.07. The number of hydrogen-bond acceptors (Lipinski definition) is 3. The van der Waals surface area contributed by atoms with Crippen molar-refractivity contribution in [2.75, 3.05) is 6.61 Å². The number of rotatable bonds is 3. The predicted octanol–water partition coefficient (Wildman–Crippen LogP) is 1.77. The van der Waals surface area contributed by atoms with Crippen LogP contribution < -0.4 is 0 Å². The average Bonchev–Trinajstić information content (AvgIpc) is 2.39. The molecule has 0 fully saturated rings. The van der Waals surface area contributed by atoms with E-state index in [0.29, 0.717) is 5.56 Å². The number of nitrogens with zero attached hydrogens (tertiary/aromatic N) is 1. The van der Waals surface area contributed by atoms with Crippen molar-refractivity contribution >= 4 is 0 Å². The quantitative estimate of drug-likeness (QED) is 0.820. The van der Waals surface area contributed by atoms with Crippen molar-refractivity contribution in [2.45, 2.75) is 6.10 Å². The second-order valence-electron chi connectivity index (χ2n) is 3.54. The zero-order valence-electron chi connectivity index (χ0n) is 8.74. The molecule has 1 aromatic heterocycles. The Kier molecular flexibility index (Phi) is 3.29. The molecule has 2 rings (SSSR count). The molecular formula is C13H13NO2. The minimum Gasteiger partial charge on any atom is -0.393 e. The van der Waals surface area contributed by atoms with Crippen LogP contribution in [0.25, 0.3) is 11.3 Å². The van der Waals surface area contributed by atoms with Gasteiger partial charge < -0.3 is 10.2 Å². The fourth-order valence-corrected chi connectivity index (χ4v) is 1.53. The molecule has 0 bridgehead atoms. The number of hydrogen-bond donors (Lipinski definition) is 2. The van der Waals surface area contributed by atoms with E-state index in [-0.39, 0.29) is 6.61 Å². The Bertz CT molecular complexity index is 456. The Morgan fingerprint density at radius 1 is 1.12 bits per heavy atom. The van der Waals surface area contributed by atoms with Gasteiger partial charge in [0.15, 0.2) is 0 Å². The molecule has 0 aliphatic rings. The van der Waals surface area contributed by atoms with E-state index in [0.717, 1.165) is 11.3 Å². The standard InChI is InChI=1S/C13H13NO2/c15-9-13(16)11-6-7-14-12(8-11)10-4-2-1-3-5-10/h1-8,13,15-16H,9H2/t13-/m0/s1. The predicted molar refractivity (Wildman–Crippen MR) is 61.7 cm³/mol. The van der Waals surface area contributed by atoms with Gasteiger partial charge in [-0.1, -0.05) is 30.3 Å². The van der Waals surface area contributed by atoms with Crippen LogP contribution in [0.15, 0.2) is 48.7 Å². The van der Waals surface area contributed by atoms with E-state index in [1.165, 1.54) is 0 Å². The van der Waals surface area contributed by atoms with Crippen LogP contribution >= 0.6 is 0 Å². The monoisotopic (exact) mass is 215 g/mol. The second-order valence-corrected chi connectivity index (χ2v) is 3.54. The smallest absolute Gasteiger partial charge is 0.102 e. The second kappa shape index (κ2) is 4.88. The van der Waals surface area contributed by atoms with E-state index in [9.17, 15) is 5.11 Å². The molecule has 3 heteroatoms. The largest absolute Gasteiger partial charge is 0.393 e. The van der Waals surface area contributed by atoms with Gasteiger partial charge in [-0.2, -0.15) is 0 Å². The number of aromatic nitrogens is 1. The van der Waals surface area contributed by atoms with E-state index in [1.807, 2.05) is 30.3 Å². The molecule has 2 N–H and O–H groups in total. The van der Waals surface area contributed by atoms with Crippen molar-refractivity contribution in [3.63, 3.8) is 0 Å². The van der Waals surface area contributed by atoms with Gasteiger partial charge in [-0.05, 0) is 17.7 Å². The third kappa shape index (κ3) is 2.27. The van der Waals surface area contributed by atoms with Crippen LogP contribution in [0.3, 0.4) is 0 Å². The molecule has 0 saturated carbocycles. The maximum Gasteiger partial charge on any atom is 0.102 e. The van der Waals surface area contributed by atoms with Gasteiger partial charge in [-0.15, -0.1) is 0 Å². The lowest BCUT2D eigenvalue weighted by atomic mass is 10.1. The Hall–Kier alpha value is -1.71. The molecular weight excluding hydrogens is 202 g/mol. The number of pyridine rings is 1. The molecule has 0 saturated heterocycles. The zero-order valence-corrected chi connectivity index (χ0v) is 8.74. The van der Waals surface area contributed by atoms with Crippen LogP contribution in [0.4, 0.5) is 0 Å². The molecule has 0 radical (unpaired) electrons. The van der Waals surface area contributed by atoms with Crippen molar-refractivity contribution in [3.8, 4) is 11.3 Å². The highest BCUT2D eigenvalue weighted by molar-refractivity contribution is 5.59. The number of benzene rings is 1. The van der Waals surface area contributed by atoms with Crippen LogP contribution in [0.2, 0.25) is 0 Å². The van der Waals surface area contributed by atoms with E-state index in [4.69, 9.17) is 5.11 Å². The van der Waals surface area contributed by atoms with Gasteiger partial charge in [-0.25, -0.2) is 0 Å². The molecule has 0 aliphatic carbocycles. The van der Waals surface area contributed by atoms with Gasteiger partial charge in [0.2, 0.25) is 0 Å². The molecule has 0 amide bonds. The van der Waals surface area contributed by atoms with Crippen molar-refractivity contribution in [3.05, 3.63) is 54.2 Å². The molecule has 1 aromatic carbocycles. The SMILES string of the molecule is OC[C@H](O)c1ccnc(-c2ccccc2)c1. The summed E-state index contributed by atoms with van der Waals surface area (Å²) in [6.07, 6.45) is 0.793. The summed E-state index contributed by atoms with van der Waals surface area (Å²) in [5.41, 5.74) is 2.47. The normalized spacial score (nSPS) is 12.4. The lowest BCUT2D eigenvalue weighted by Gasteiger charge is -2.08. The molecule has 16 heavy (non-hydrogen) atoms. The molecule has 1 atom stereocenters. The number of aliphatic hydroxyl groups is 2. The lowest BCUT2D eigenvalue weighted by Crippen LogP contribution is -2.02. The summed E-state index contributed by atoms with van der Waals surface area (Å²) in [5.74, 6) is 0. The van der Waals surface area contributed by atoms with Gasteiger partial charge in [0.05, 0.1) is 12.3 Å². The first-order valence-electron chi connectivity index (χ1n) is 5.11. The summed E-state index contributed by atoms with van der Waals surface area (Å²) < 4.78 is 0. The van der Waals surface area contributed by atoms with Crippen molar-refractivity contribution in [2.24, 2.45) is 0 Å². The fourth-order valence-electron chi connectivity index (χ4n) is 1.53. The lowest BCUT2D eigenvalue weighted by molar-refractivity contribution is 0.0956. The van der Waals surface area contributed by atoms with E-state index < -0.39 is 6.10 Å². The highest BCUT2D eigenvalue weighted by atomic mass is 16.3. The van der Waals surface area contributed by atoms with E-state index in [2.05, 4.69) is 4.98 Å². The van der Waals surface area contributed by atoms with Crippen LogP contribution in [-0.4, -0.2) is 21.8 Å². The first-order valence-corrected chi connectivity index (χ1v) is 5.11. The molecule has 3 nitrogen and oxygen atoms in total. The third-order valence-corrected chi connectivity index (χ3v) is 2.41. The molecule has 0 spiro atoms. The Morgan fingerprint density at radius 3 is 2.56 bits per heavy atom. The molecule has 82 valence electrons. The first kappa shape index (κ1) is 10.8. The van der Waals surface area contributed by atoms with E-state index in [1.54, 1.807) is 18.3 Å². The molecule has 0 unspecified atom stereocenters. The number of aliphatic hydroxyl groups excluding tert-OH is 2. The van der Waals surface area contributed by atoms with Crippen LogP contribution in [0.5, 0.6) is 0 Å². The zero-order chi connectivity index (χ0) is 11.4. The van der Waals surface area contributed by atoms with Crippen molar-refractivity contribution < 1.29 is 10.2 Å². The van der Waals surface area contributed by atoms with Crippen molar-refractivity contribution in [1.82, 2.24) is 4.98 Å². The van der Waals surface area contributed by atoms with Gasteiger partial charge in [0, 0.05) is 11.8 Å². The maximum atomic E-state index is 9.52. The summed E-state index contributed by atoms with van der Waals surface area (Å²) in [6, 6.07) is 13.2. The van der Waals surface area contributed by atoms with Gasteiger partial charge >= 0.3 is 0 Å². The van der Waals surface area contributed by atoms with E-state index >= 15 is 0 Å². The summed E-state index contributed by atoms with van der Waals surface area (Å²) >= 11 is 0. The van der Waals surface area contributed by atoms with Gasteiger partial charge in [0.1, 0.15) is 6.10 Å². The minimum atomic E-state index is -0.842. The van der Waals surface area contributed by atoms with Crippen molar-refractivity contribution in [1.29, 1.82) is 0 Å². The highest BCUT2D eigenvalue weighted by Crippen LogP contribution is 2.20. The maximum absolute atomic E-state index is 9.52. The minimum absolute atomic E-state index is 0.280. The molecule has 1 heterocycles. The molecule has 0 aliphatic heterocycles. The third-order valence-electron chi connectivity index (χ3n) is 2.41. The molecule has 2 aromatic rings. The topological polar surface area (TPSA) is 53.4 Å². The van der Waals surface area contributed by atoms with Crippen LogP contribution in [0, 0.1) is 0 Å². The summed E-state index contributed by atoms with van der Waals surface area (Å²) in [6.45, 7) is -0.280. The summed E-state index contributed by atoms with van der Waals surface area (Å²) in [7, 11) is 0. The summed E-state index contributed by atoms with van der Waals surface area (Å²) in [4.78, 5) is 4.23. The van der Waals surface area contributed by atoms with Gasteiger partial charge in [-0.3, -0.25) is 4.98 Å². The Balaban J connectivity index is 2.36. The summed E-state index contributed by atoms with van der Waals surface area (Å²) in [5, 5.41) is 18.4.